The summed E-state index contributed by atoms with van der Waals surface area (Å²) < 4.78 is 0. The van der Waals surface area contributed by atoms with Crippen molar-refractivity contribution in [3.05, 3.63) is 64.7 Å². The van der Waals surface area contributed by atoms with Gasteiger partial charge in [-0.05, 0) is 48.6 Å². The van der Waals surface area contributed by atoms with Gasteiger partial charge in [-0.3, -0.25) is 9.59 Å². The van der Waals surface area contributed by atoms with Gasteiger partial charge in [-0.15, -0.1) is 0 Å². The summed E-state index contributed by atoms with van der Waals surface area (Å²) in [6.45, 7) is 2.03. The van der Waals surface area contributed by atoms with Gasteiger partial charge in [-0.1, -0.05) is 48.9 Å². The normalized spacial score (nSPS) is 17.2. The second-order valence-electron chi connectivity index (χ2n) is 6.67. The van der Waals surface area contributed by atoms with Gasteiger partial charge in [0.15, 0.2) is 0 Å². The molecule has 1 heterocycles. The number of anilines is 1. The topological polar surface area (TPSA) is 58.2 Å². The number of benzene rings is 2. The molecule has 0 saturated carbocycles. The van der Waals surface area contributed by atoms with Crippen molar-refractivity contribution in [2.24, 2.45) is 5.92 Å². The highest BCUT2D eigenvalue weighted by molar-refractivity contribution is 6.30. The zero-order valence-electron chi connectivity index (χ0n) is 14.8. The molecule has 2 aromatic carbocycles. The van der Waals surface area contributed by atoms with E-state index in [1.165, 1.54) is 0 Å². The van der Waals surface area contributed by atoms with Crippen molar-refractivity contribution in [3.63, 3.8) is 0 Å². The van der Waals surface area contributed by atoms with Crippen molar-refractivity contribution in [1.29, 1.82) is 0 Å². The molecule has 1 aliphatic heterocycles. The van der Waals surface area contributed by atoms with Crippen molar-refractivity contribution in [2.75, 3.05) is 5.32 Å². The third-order valence-corrected chi connectivity index (χ3v) is 5.10. The lowest BCUT2D eigenvalue weighted by Gasteiger charge is -2.24. The lowest BCUT2D eigenvalue weighted by molar-refractivity contribution is -0.123. The molecule has 2 N–H and O–H groups in total. The molecule has 5 heteroatoms. The van der Waals surface area contributed by atoms with Crippen LogP contribution >= 0.6 is 11.6 Å². The summed E-state index contributed by atoms with van der Waals surface area (Å²) in [4.78, 5) is 24.6. The van der Waals surface area contributed by atoms with Gasteiger partial charge in [-0.25, -0.2) is 0 Å². The molecule has 2 aromatic rings. The first-order chi connectivity index (χ1) is 12.6. The predicted molar refractivity (Wildman–Crippen MR) is 104 cm³/mol. The molecule has 0 saturated heterocycles. The van der Waals surface area contributed by atoms with E-state index >= 15 is 0 Å². The first-order valence-electron chi connectivity index (χ1n) is 9.00. The standard InChI is InChI=1S/C21H23ClN2O2/c1-2-18(14-7-10-17(22)11-8-14)23-20(25)12-9-16-13-15-5-3-4-6-19(15)24-21(16)26/h3-8,10-11,16,18H,2,9,12-13H2,1H3,(H,23,25)(H,24,26). The summed E-state index contributed by atoms with van der Waals surface area (Å²) in [5.41, 5.74) is 3.05. The number of halogens is 1. The molecule has 0 radical (unpaired) electrons. The van der Waals surface area contributed by atoms with E-state index < -0.39 is 0 Å². The minimum Gasteiger partial charge on any atom is -0.349 e. The molecular formula is C21H23ClN2O2. The summed E-state index contributed by atoms with van der Waals surface area (Å²) in [7, 11) is 0. The first-order valence-corrected chi connectivity index (χ1v) is 9.38. The fourth-order valence-corrected chi connectivity index (χ4v) is 3.46. The summed E-state index contributed by atoms with van der Waals surface area (Å²) in [6.07, 6.45) is 2.36. The predicted octanol–water partition coefficient (Wildman–Crippen LogP) is 4.50. The number of fused-ring (bicyclic) bond motifs is 1. The molecule has 2 atom stereocenters. The number of nitrogens with one attached hydrogen (secondary N) is 2. The van der Waals surface area contributed by atoms with E-state index in [0.29, 0.717) is 24.3 Å². The van der Waals surface area contributed by atoms with E-state index in [4.69, 9.17) is 11.6 Å². The molecule has 0 aliphatic carbocycles. The molecule has 3 rings (SSSR count). The Morgan fingerprint density at radius 1 is 1.23 bits per heavy atom. The van der Waals surface area contributed by atoms with Crippen LogP contribution in [-0.4, -0.2) is 11.8 Å². The summed E-state index contributed by atoms with van der Waals surface area (Å²) >= 11 is 5.93. The highest BCUT2D eigenvalue weighted by Gasteiger charge is 2.26. The number of rotatable bonds is 6. The largest absolute Gasteiger partial charge is 0.349 e. The number of hydrogen-bond acceptors (Lipinski definition) is 2. The fraction of sp³-hybridized carbons (Fsp3) is 0.333. The Balaban J connectivity index is 1.55. The SMILES string of the molecule is CCC(NC(=O)CCC1Cc2ccccc2NC1=O)c1ccc(Cl)cc1. The lowest BCUT2D eigenvalue weighted by atomic mass is 9.89. The Bertz CT molecular complexity index is 789. The van der Waals surface area contributed by atoms with Crippen LogP contribution in [0.15, 0.2) is 48.5 Å². The van der Waals surface area contributed by atoms with Crippen LogP contribution in [0.5, 0.6) is 0 Å². The molecule has 2 amide bonds. The van der Waals surface area contributed by atoms with Crippen LogP contribution in [0.3, 0.4) is 0 Å². The zero-order chi connectivity index (χ0) is 18.5. The Hall–Kier alpha value is -2.33. The third-order valence-electron chi connectivity index (χ3n) is 4.85. The van der Waals surface area contributed by atoms with Crippen LogP contribution in [-0.2, 0) is 16.0 Å². The van der Waals surface area contributed by atoms with Crippen LogP contribution in [0.1, 0.15) is 43.4 Å². The average molecular weight is 371 g/mol. The van der Waals surface area contributed by atoms with Gasteiger partial charge in [0, 0.05) is 23.0 Å². The number of carbonyl (C=O) groups excluding carboxylic acids is 2. The zero-order valence-corrected chi connectivity index (χ0v) is 15.6. The van der Waals surface area contributed by atoms with Gasteiger partial charge in [0.1, 0.15) is 0 Å². The maximum atomic E-state index is 12.4. The highest BCUT2D eigenvalue weighted by atomic mass is 35.5. The van der Waals surface area contributed by atoms with Crippen LogP contribution in [0.4, 0.5) is 5.69 Å². The van der Waals surface area contributed by atoms with E-state index in [9.17, 15) is 9.59 Å². The lowest BCUT2D eigenvalue weighted by Crippen LogP contribution is -2.32. The first kappa shape index (κ1) is 18.5. The van der Waals surface area contributed by atoms with Crippen LogP contribution in [0, 0.1) is 5.92 Å². The fourth-order valence-electron chi connectivity index (χ4n) is 3.33. The second-order valence-corrected chi connectivity index (χ2v) is 7.10. The van der Waals surface area contributed by atoms with Crippen LogP contribution < -0.4 is 10.6 Å². The maximum Gasteiger partial charge on any atom is 0.227 e. The van der Waals surface area contributed by atoms with Crippen molar-refractivity contribution in [1.82, 2.24) is 5.32 Å². The van der Waals surface area contributed by atoms with Gasteiger partial charge < -0.3 is 10.6 Å². The summed E-state index contributed by atoms with van der Waals surface area (Å²) in [5.74, 6) is -0.189. The van der Waals surface area contributed by atoms with Crippen LogP contribution in [0.2, 0.25) is 5.02 Å². The molecule has 0 spiro atoms. The molecule has 2 unspecified atom stereocenters. The van der Waals surface area contributed by atoms with Crippen molar-refractivity contribution < 1.29 is 9.59 Å². The van der Waals surface area contributed by atoms with E-state index in [-0.39, 0.29) is 23.8 Å². The Morgan fingerprint density at radius 2 is 1.96 bits per heavy atom. The van der Waals surface area contributed by atoms with Gasteiger partial charge in [0.25, 0.3) is 0 Å². The summed E-state index contributed by atoms with van der Waals surface area (Å²) in [5, 5.41) is 6.68. The van der Waals surface area contributed by atoms with E-state index in [1.54, 1.807) is 0 Å². The van der Waals surface area contributed by atoms with Gasteiger partial charge >= 0.3 is 0 Å². The van der Waals surface area contributed by atoms with Crippen molar-refractivity contribution in [2.45, 2.75) is 38.6 Å². The molecule has 4 nitrogen and oxygen atoms in total. The summed E-state index contributed by atoms with van der Waals surface area (Å²) in [6, 6.07) is 15.3. The molecule has 1 aliphatic rings. The van der Waals surface area contributed by atoms with Crippen molar-refractivity contribution >= 4 is 29.1 Å². The van der Waals surface area contributed by atoms with E-state index in [1.807, 2.05) is 55.5 Å². The molecule has 0 bridgehead atoms. The minimum atomic E-state index is -0.161. The minimum absolute atomic E-state index is 0.00115. The highest BCUT2D eigenvalue weighted by Crippen LogP contribution is 2.27. The molecular weight excluding hydrogens is 348 g/mol. The number of carbonyl (C=O) groups is 2. The molecule has 0 fully saturated rings. The van der Waals surface area contributed by atoms with E-state index in [2.05, 4.69) is 10.6 Å². The van der Waals surface area contributed by atoms with E-state index in [0.717, 1.165) is 23.2 Å². The molecule has 136 valence electrons. The smallest absolute Gasteiger partial charge is 0.227 e. The number of amides is 2. The third kappa shape index (κ3) is 4.44. The monoisotopic (exact) mass is 370 g/mol. The number of hydrogen-bond donors (Lipinski definition) is 2. The Morgan fingerprint density at radius 3 is 2.69 bits per heavy atom. The van der Waals surface area contributed by atoms with Gasteiger partial charge in [0.05, 0.1) is 6.04 Å². The second kappa shape index (κ2) is 8.37. The van der Waals surface area contributed by atoms with Crippen LogP contribution in [0.25, 0.3) is 0 Å². The van der Waals surface area contributed by atoms with Gasteiger partial charge in [-0.2, -0.15) is 0 Å². The Labute approximate surface area is 158 Å². The average Bonchev–Trinajstić information content (AvgIpc) is 2.65. The maximum absolute atomic E-state index is 12.4. The Kier molecular flexibility index (Phi) is 5.94. The number of para-hydroxylation sites is 1. The molecule has 0 aromatic heterocycles. The van der Waals surface area contributed by atoms with Crippen molar-refractivity contribution in [3.8, 4) is 0 Å². The van der Waals surface area contributed by atoms with Gasteiger partial charge in [0.2, 0.25) is 11.8 Å². The molecule has 26 heavy (non-hydrogen) atoms. The quantitative estimate of drug-likeness (QED) is 0.786.